The van der Waals surface area contributed by atoms with Gasteiger partial charge in [0.15, 0.2) is 5.43 Å². The third kappa shape index (κ3) is 2.02. The summed E-state index contributed by atoms with van der Waals surface area (Å²) in [6.45, 7) is 0. The first-order chi connectivity index (χ1) is 9.97. The van der Waals surface area contributed by atoms with E-state index in [0.717, 1.165) is 0 Å². The molecule has 6 nitrogen and oxygen atoms in total. The van der Waals surface area contributed by atoms with Gasteiger partial charge >= 0.3 is 0 Å². The maximum atomic E-state index is 12.5. The Hall–Kier alpha value is -3.15. The first kappa shape index (κ1) is 12.9. The van der Waals surface area contributed by atoms with Gasteiger partial charge in [0.05, 0.1) is 5.52 Å². The Bertz CT molecular complexity index is 973. The minimum atomic E-state index is -0.597. The second kappa shape index (κ2) is 4.45. The smallest absolute Gasteiger partial charge is 0.248 e. The zero-order chi connectivity index (χ0) is 15.1. The van der Waals surface area contributed by atoms with Crippen LogP contribution >= 0.6 is 0 Å². The topological polar surface area (TPSA) is 119 Å². The van der Waals surface area contributed by atoms with Gasteiger partial charge in [0.25, 0.3) is 0 Å². The van der Waals surface area contributed by atoms with Crippen molar-refractivity contribution in [1.82, 2.24) is 4.98 Å². The molecule has 5 N–H and O–H groups in total. The Kier molecular flexibility index (Phi) is 2.72. The number of H-pyrrole nitrogens is 1. The second-order valence-corrected chi connectivity index (χ2v) is 4.70. The van der Waals surface area contributed by atoms with Crippen molar-refractivity contribution in [2.45, 2.75) is 0 Å². The van der Waals surface area contributed by atoms with Crippen LogP contribution in [-0.4, -0.2) is 16.8 Å². The van der Waals surface area contributed by atoms with Gasteiger partial charge in [0.2, 0.25) is 11.8 Å². The van der Waals surface area contributed by atoms with E-state index in [-0.39, 0.29) is 11.0 Å². The maximum absolute atomic E-state index is 12.5. The summed E-state index contributed by atoms with van der Waals surface area (Å²) >= 11 is 0. The maximum Gasteiger partial charge on any atom is 0.248 e. The highest BCUT2D eigenvalue weighted by Crippen LogP contribution is 2.17. The monoisotopic (exact) mass is 281 g/mol. The van der Waals surface area contributed by atoms with Crippen molar-refractivity contribution in [3.63, 3.8) is 0 Å². The third-order valence-corrected chi connectivity index (χ3v) is 3.37. The van der Waals surface area contributed by atoms with E-state index in [4.69, 9.17) is 11.5 Å². The Labute approximate surface area is 118 Å². The number of amides is 2. The minimum Gasteiger partial charge on any atom is -0.366 e. The van der Waals surface area contributed by atoms with Crippen molar-refractivity contribution < 1.29 is 9.59 Å². The fourth-order valence-corrected chi connectivity index (χ4v) is 2.28. The van der Waals surface area contributed by atoms with Crippen LogP contribution < -0.4 is 16.9 Å². The highest BCUT2D eigenvalue weighted by atomic mass is 16.1. The zero-order valence-corrected chi connectivity index (χ0v) is 10.8. The van der Waals surface area contributed by atoms with Gasteiger partial charge in [-0.05, 0) is 36.4 Å². The summed E-state index contributed by atoms with van der Waals surface area (Å²) in [5, 5.41) is 0.778. The van der Waals surface area contributed by atoms with Crippen molar-refractivity contribution >= 4 is 33.6 Å². The molecule has 2 amide bonds. The van der Waals surface area contributed by atoms with Crippen molar-refractivity contribution in [3.8, 4) is 0 Å². The lowest BCUT2D eigenvalue weighted by Gasteiger charge is -2.05. The van der Waals surface area contributed by atoms with E-state index in [1.54, 1.807) is 6.07 Å². The molecule has 0 radical (unpaired) electrons. The van der Waals surface area contributed by atoms with Crippen LogP contribution in [-0.2, 0) is 0 Å². The quantitative estimate of drug-likeness (QED) is 0.605. The first-order valence-corrected chi connectivity index (χ1v) is 6.17. The van der Waals surface area contributed by atoms with Crippen molar-refractivity contribution in [2.75, 3.05) is 0 Å². The van der Waals surface area contributed by atoms with E-state index in [2.05, 4.69) is 4.98 Å². The molecule has 2 aromatic carbocycles. The average molecular weight is 281 g/mol. The lowest BCUT2D eigenvalue weighted by Crippen LogP contribution is -2.13. The fraction of sp³-hybridized carbons (Fsp3) is 0. The zero-order valence-electron chi connectivity index (χ0n) is 10.8. The average Bonchev–Trinajstić information content (AvgIpc) is 2.46. The number of nitrogens with one attached hydrogen (secondary N) is 1. The van der Waals surface area contributed by atoms with Crippen molar-refractivity contribution in [2.24, 2.45) is 11.5 Å². The van der Waals surface area contributed by atoms with Gasteiger partial charge in [-0.2, -0.15) is 0 Å². The molecule has 0 fully saturated rings. The number of hydrogen-bond donors (Lipinski definition) is 3. The van der Waals surface area contributed by atoms with E-state index in [0.29, 0.717) is 27.4 Å². The molecule has 3 rings (SSSR count). The standard InChI is InChI=1S/C15H11N3O3/c16-14(20)7-2-4-11-10(5-7)13(19)9-3-1-8(15(17)21)6-12(9)18-11/h1-6H,(H2,16,20)(H2,17,21)(H,18,19). The molecule has 0 saturated heterocycles. The molecule has 0 atom stereocenters. The molecular weight excluding hydrogens is 270 g/mol. The molecule has 104 valence electrons. The van der Waals surface area contributed by atoms with Crippen LogP contribution in [0.25, 0.3) is 21.8 Å². The van der Waals surface area contributed by atoms with Crippen LogP contribution in [0, 0.1) is 0 Å². The van der Waals surface area contributed by atoms with E-state index in [1.165, 1.54) is 30.3 Å². The van der Waals surface area contributed by atoms with Gasteiger partial charge in [-0.1, -0.05) is 0 Å². The lowest BCUT2D eigenvalue weighted by atomic mass is 10.1. The normalized spacial score (nSPS) is 10.9. The van der Waals surface area contributed by atoms with E-state index in [9.17, 15) is 14.4 Å². The molecule has 1 aromatic heterocycles. The highest BCUT2D eigenvalue weighted by molar-refractivity contribution is 6.01. The van der Waals surface area contributed by atoms with E-state index in [1.807, 2.05) is 0 Å². The summed E-state index contributed by atoms with van der Waals surface area (Å²) < 4.78 is 0. The molecule has 3 aromatic rings. The SMILES string of the molecule is NC(=O)c1ccc2c(=O)c3cc(C(N)=O)ccc3[nH]c2c1. The van der Waals surface area contributed by atoms with Crippen LogP contribution in [0.3, 0.4) is 0 Å². The van der Waals surface area contributed by atoms with Crippen LogP contribution in [0.1, 0.15) is 20.7 Å². The number of rotatable bonds is 2. The molecule has 6 heteroatoms. The Morgan fingerprint density at radius 3 is 2.10 bits per heavy atom. The van der Waals surface area contributed by atoms with Crippen molar-refractivity contribution in [1.29, 1.82) is 0 Å². The fourth-order valence-electron chi connectivity index (χ4n) is 2.28. The van der Waals surface area contributed by atoms with Crippen LogP contribution in [0.2, 0.25) is 0 Å². The number of aromatic nitrogens is 1. The van der Waals surface area contributed by atoms with Gasteiger partial charge in [-0.15, -0.1) is 0 Å². The number of carbonyl (C=O) groups is 2. The summed E-state index contributed by atoms with van der Waals surface area (Å²) in [6.07, 6.45) is 0. The van der Waals surface area contributed by atoms with E-state index < -0.39 is 11.8 Å². The molecular formula is C15H11N3O3. The summed E-state index contributed by atoms with van der Waals surface area (Å²) in [6, 6.07) is 9.14. The van der Waals surface area contributed by atoms with Crippen LogP contribution in [0.4, 0.5) is 0 Å². The molecule has 0 spiro atoms. The number of primary amides is 2. The summed E-state index contributed by atoms with van der Waals surface area (Å²) in [4.78, 5) is 37.9. The van der Waals surface area contributed by atoms with Gasteiger partial charge in [0, 0.05) is 27.4 Å². The number of benzene rings is 2. The number of aromatic amines is 1. The highest BCUT2D eigenvalue weighted by Gasteiger charge is 2.10. The molecule has 0 unspecified atom stereocenters. The molecule has 0 aliphatic heterocycles. The number of hydrogen-bond acceptors (Lipinski definition) is 3. The Morgan fingerprint density at radius 2 is 1.43 bits per heavy atom. The molecule has 0 aliphatic rings. The second-order valence-electron chi connectivity index (χ2n) is 4.70. The van der Waals surface area contributed by atoms with Gasteiger partial charge in [-0.3, -0.25) is 14.4 Å². The number of carbonyl (C=O) groups excluding carboxylic acids is 2. The molecule has 1 heterocycles. The number of fused-ring (bicyclic) bond motifs is 2. The first-order valence-electron chi connectivity index (χ1n) is 6.17. The number of nitrogens with two attached hydrogens (primary N) is 2. The Morgan fingerprint density at radius 1 is 0.810 bits per heavy atom. The Balaban J connectivity index is 2.40. The predicted molar refractivity (Wildman–Crippen MR) is 79.1 cm³/mol. The lowest BCUT2D eigenvalue weighted by molar-refractivity contribution is 0.0992. The largest absolute Gasteiger partial charge is 0.366 e. The van der Waals surface area contributed by atoms with E-state index >= 15 is 0 Å². The summed E-state index contributed by atoms with van der Waals surface area (Å²) in [7, 11) is 0. The van der Waals surface area contributed by atoms with Gasteiger partial charge < -0.3 is 16.5 Å². The molecule has 0 saturated carbocycles. The van der Waals surface area contributed by atoms with Gasteiger partial charge in [-0.25, -0.2) is 0 Å². The molecule has 21 heavy (non-hydrogen) atoms. The predicted octanol–water partition coefficient (Wildman–Crippen LogP) is 0.879. The molecule has 0 aliphatic carbocycles. The van der Waals surface area contributed by atoms with Gasteiger partial charge in [0.1, 0.15) is 0 Å². The minimum absolute atomic E-state index is 0.238. The summed E-state index contributed by atoms with van der Waals surface area (Å²) in [5.74, 6) is -1.16. The molecule has 0 bridgehead atoms. The summed E-state index contributed by atoms with van der Waals surface area (Å²) in [5.41, 5.74) is 11.8. The third-order valence-electron chi connectivity index (χ3n) is 3.37. The van der Waals surface area contributed by atoms with Crippen LogP contribution in [0.15, 0.2) is 41.2 Å². The van der Waals surface area contributed by atoms with Crippen molar-refractivity contribution in [3.05, 3.63) is 57.7 Å². The van der Waals surface area contributed by atoms with Crippen LogP contribution in [0.5, 0.6) is 0 Å². The number of pyridine rings is 1.